The fourth-order valence-corrected chi connectivity index (χ4v) is 3.21. The Morgan fingerprint density at radius 2 is 1.65 bits per heavy atom. The van der Waals surface area contributed by atoms with Crippen LogP contribution in [0.1, 0.15) is 20.8 Å². The summed E-state index contributed by atoms with van der Waals surface area (Å²) >= 11 is 5.99. The predicted octanol–water partition coefficient (Wildman–Crippen LogP) is 5.62. The number of esters is 1. The second-order valence-electron chi connectivity index (χ2n) is 6.92. The Labute approximate surface area is 211 Å². The molecule has 1 N–H and O–H groups in total. The minimum Gasteiger partial charge on any atom is -0.495 e. The highest BCUT2D eigenvalue weighted by atomic mass is 35.5. The van der Waals surface area contributed by atoms with Crippen LogP contribution < -0.4 is 24.3 Å². The Morgan fingerprint density at radius 3 is 2.27 bits per heavy atom. The summed E-state index contributed by atoms with van der Waals surface area (Å²) in [5.74, 6) is -4.66. The number of methoxy groups -OCH3 is 3. The summed E-state index contributed by atoms with van der Waals surface area (Å²) < 4.78 is 77.1. The zero-order chi connectivity index (χ0) is 27.3. The molecule has 1 aromatic heterocycles. The Kier molecular flexibility index (Phi) is 8.28. The van der Waals surface area contributed by atoms with Crippen LogP contribution in [0.3, 0.4) is 0 Å². The van der Waals surface area contributed by atoms with E-state index in [-0.39, 0.29) is 28.6 Å². The molecule has 14 heteroatoms. The van der Waals surface area contributed by atoms with E-state index >= 15 is 4.39 Å². The van der Waals surface area contributed by atoms with E-state index in [0.29, 0.717) is 0 Å². The van der Waals surface area contributed by atoms with Crippen molar-refractivity contribution in [3.8, 4) is 28.7 Å². The number of hydrogen-bond donors (Lipinski definition) is 1. The first-order valence-corrected chi connectivity index (χ1v) is 10.4. The van der Waals surface area contributed by atoms with E-state index in [1.165, 1.54) is 25.4 Å². The number of halogens is 5. The lowest BCUT2D eigenvalue weighted by atomic mass is 10.1. The summed E-state index contributed by atoms with van der Waals surface area (Å²) in [5.41, 5.74) is -0.750. The van der Waals surface area contributed by atoms with Gasteiger partial charge in [-0.25, -0.2) is 14.2 Å². The number of carbonyl (C=O) groups excluding carboxylic acids is 2. The lowest BCUT2D eigenvalue weighted by molar-refractivity contribution is -0.274. The topological polar surface area (TPSA) is 105 Å². The zero-order valence-corrected chi connectivity index (χ0v) is 20.0. The van der Waals surface area contributed by atoms with Gasteiger partial charge in [-0.1, -0.05) is 11.6 Å². The summed E-state index contributed by atoms with van der Waals surface area (Å²) in [6, 6.07) is 6.50. The third kappa shape index (κ3) is 6.50. The monoisotopic (exact) mass is 544 g/mol. The summed E-state index contributed by atoms with van der Waals surface area (Å²) in [6.07, 6.45) is -3.74. The number of hydrogen-bond acceptors (Lipinski definition) is 8. The molecule has 9 nitrogen and oxygen atoms in total. The third-order valence-corrected chi connectivity index (χ3v) is 4.94. The van der Waals surface area contributed by atoms with Gasteiger partial charge in [0, 0.05) is 24.0 Å². The van der Waals surface area contributed by atoms with Crippen LogP contribution in [0.15, 0.2) is 42.6 Å². The standard InChI is InChI=1S/C23H17ClF4N2O7/c1-33-15-9-12(37-23(26,27)28)4-5-14(15)36-16-10-17(34-2)19(24)20(25)18(16)21(31)30-11-6-7-29-13(8-11)22(32)35-3/h4-10H,1-3H3,(H,29,30,31). The molecule has 3 aromatic rings. The second kappa shape index (κ2) is 11.2. The van der Waals surface area contributed by atoms with Crippen molar-refractivity contribution in [2.45, 2.75) is 6.36 Å². The van der Waals surface area contributed by atoms with E-state index in [9.17, 15) is 22.8 Å². The van der Waals surface area contributed by atoms with E-state index in [4.69, 9.17) is 25.8 Å². The molecule has 37 heavy (non-hydrogen) atoms. The van der Waals surface area contributed by atoms with E-state index < -0.39 is 46.1 Å². The van der Waals surface area contributed by atoms with Gasteiger partial charge in [-0.2, -0.15) is 0 Å². The normalized spacial score (nSPS) is 10.9. The molecule has 0 fully saturated rings. The van der Waals surface area contributed by atoms with Gasteiger partial charge in [0.1, 0.15) is 33.5 Å². The largest absolute Gasteiger partial charge is 0.573 e. The van der Waals surface area contributed by atoms with Crippen molar-refractivity contribution in [3.63, 3.8) is 0 Å². The number of aromatic nitrogens is 1. The van der Waals surface area contributed by atoms with Crippen LogP contribution in [-0.4, -0.2) is 44.6 Å². The highest BCUT2D eigenvalue weighted by Gasteiger charge is 2.32. The first kappa shape index (κ1) is 27.3. The van der Waals surface area contributed by atoms with Crippen molar-refractivity contribution >= 4 is 29.2 Å². The minimum atomic E-state index is -4.95. The molecule has 0 aliphatic carbocycles. The van der Waals surface area contributed by atoms with Crippen molar-refractivity contribution in [1.82, 2.24) is 4.98 Å². The molecule has 3 rings (SSSR count). The average molecular weight is 545 g/mol. The third-order valence-electron chi connectivity index (χ3n) is 4.59. The maximum absolute atomic E-state index is 15.2. The Bertz CT molecular complexity index is 1340. The molecule has 0 spiro atoms. The Morgan fingerprint density at radius 1 is 0.946 bits per heavy atom. The van der Waals surface area contributed by atoms with Crippen molar-refractivity contribution < 1.29 is 50.8 Å². The molecule has 0 aliphatic heterocycles. The Balaban J connectivity index is 2.02. The van der Waals surface area contributed by atoms with Gasteiger partial charge in [0.15, 0.2) is 17.3 Å². The second-order valence-corrected chi connectivity index (χ2v) is 7.30. The number of nitrogens with zero attached hydrogens (tertiary/aromatic N) is 1. The molecule has 1 heterocycles. The molecule has 0 saturated carbocycles. The molecule has 0 atom stereocenters. The van der Waals surface area contributed by atoms with E-state index in [2.05, 4.69) is 19.8 Å². The van der Waals surface area contributed by atoms with Gasteiger partial charge < -0.3 is 29.0 Å². The number of amides is 1. The van der Waals surface area contributed by atoms with Crippen molar-refractivity contribution in [3.05, 3.63) is 64.7 Å². The number of carbonyl (C=O) groups is 2. The number of benzene rings is 2. The molecule has 0 unspecified atom stereocenters. The maximum Gasteiger partial charge on any atom is 0.573 e. The van der Waals surface area contributed by atoms with E-state index in [0.717, 1.165) is 38.5 Å². The van der Waals surface area contributed by atoms with E-state index in [1.54, 1.807) is 0 Å². The summed E-state index contributed by atoms with van der Waals surface area (Å²) in [4.78, 5) is 28.6. The zero-order valence-electron chi connectivity index (χ0n) is 19.2. The first-order chi connectivity index (χ1) is 17.5. The van der Waals surface area contributed by atoms with Gasteiger partial charge >= 0.3 is 12.3 Å². The number of pyridine rings is 1. The predicted molar refractivity (Wildman–Crippen MR) is 121 cm³/mol. The molecule has 1 amide bonds. The van der Waals surface area contributed by atoms with Crippen LogP contribution in [0, 0.1) is 5.82 Å². The van der Waals surface area contributed by atoms with Crippen LogP contribution in [0.25, 0.3) is 0 Å². The van der Waals surface area contributed by atoms with Gasteiger partial charge in [-0.15, -0.1) is 13.2 Å². The van der Waals surface area contributed by atoms with E-state index in [1.807, 2.05) is 0 Å². The van der Waals surface area contributed by atoms with Crippen molar-refractivity contribution in [2.24, 2.45) is 0 Å². The highest BCUT2D eigenvalue weighted by molar-refractivity contribution is 6.33. The number of nitrogens with one attached hydrogen (secondary N) is 1. The fourth-order valence-electron chi connectivity index (χ4n) is 2.99. The van der Waals surface area contributed by atoms with Crippen molar-refractivity contribution in [1.29, 1.82) is 0 Å². The molecule has 0 radical (unpaired) electrons. The number of anilines is 1. The molecular weight excluding hydrogens is 528 g/mol. The lowest BCUT2D eigenvalue weighted by Gasteiger charge is -2.17. The van der Waals surface area contributed by atoms with Gasteiger partial charge in [0.25, 0.3) is 5.91 Å². The molecule has 0 saturated heterocycles. The fraction of sp³-hybridized carbons (Fsp3) is 0.174. The van der Waals surface area contributed by atoms with Crippen molar-refractivity contribution in [2.75, 3.05) is 26.6 Å². The molecular formula is C23H17ClF4N2O7. The van der Waals surface area contributed by atoms with Gasteiger partial charge in [0.2, 0.25) is 0 Å². The van der Waals surface area contributed by atoms with Gasteiger partial charge in [-0.05, 0) is 24.3 Å². The number of alkyl halides is 3. The first-order valence-electron chi connectivity index (χ1n) is 10.0. The maximum atomic E-state index is 15.2. The van der Waals surface area contributed by atoms with Gasteiger partial charge in [-0.3, -0.25) is 4.79 Å². The van der Waals surface area contributed by atoms with Gasteiger partial charge in [0.05, 0.1) is 21.3 Å². The Hall–Kier alpha value is -4.26. The van der Waals surface area contributed by atoms with Crippen LogP contribution in [0.5, 0.6) is 28.7 Å². The lowest BCUT2D eigenvalue weighted by Crippen LogP contribution is -2.17. The smallest absolute Gasteiger partial charge is 0.495 e. The summed E-state index contributed by atoms with van der Waals surface area (Å²) in [5, 5.41) is 1.85. The van der Waals surface area contributed by atoms with Crippen LogP contribution in [0.4, 0.5) is 23.2 Å². The highest BCUT2D eigenvalue weighted by Crippen LogP contribution is 2.42. The van der Waals surface area contributed by atoms with Crippen LogP contribution >= 0.6 is 11.6 Å². The van der Waals surface area contributed by atoms with Crippen LogP contribution in [-0.2, 0) is 4.74 Å². The van der Waals surface area contributed by atoms with Crippen LogP contribution in [0.2, 0.25) is 5.02 Å². The number of ether oxygens (including phenoxy) is 5. The molecule has 0 bridgehead atoms. The summed E-state index contributed by atoms with van der Waals surface area (Å²) in [6.45, 7) is 0. The average Bonchev–Trinajstić information content (AvgIpc) is 2.85. The minimum absolute atomic E-state index is 0.0592. The SMILES string of the molecule is COC(=O)c1cc(NC(=O)c2c(Oc3ccc(OC(F)(F)F)cc3OC)cc(OC)c(Cl)c2F)ccn1. The molecule has 196 valence electrons. The number of rotatable bonds is 8. The summed E-state index contributed by atoms with van der Waals surface area (Å²) in [7, 11) is 3.49. The molecule has 2 aromatic carbocycles. The molecule has 0 aliphatic rings. The quantitative estimate of drug-likeness (QED) is 0.288.